The van der Waals surface area contributed by atoms with Crippen LogP contribution in [0.15, 0.2) is 29.1 Å². The first-order valence-electron chi connectivity index (χ1n) is 9.01. The third kappa shape index (κ3) is 3.98. The molecule has 0 radical (unpaired) electrons. The van der Waals surface area contributed by atoms with Gasteiger partial charge in [0.15, 0.2) is 0 Å². The molecule has 132 valence electrons. The number of carbonyl (C=O) groups is 1. The number of amides is 1. The normalized spacial score (nSPS) is 13.6. The fraction of sp³-hybridized carbons (Fsp3) is 0.450. The van der Waals surface area contributed by atoms with E-state index in [1.807, 2.05) is 12.1 Å². The van der Waals surface area contributed by atoms with Crippen LogP contribution >= 0.6 is 0 Å². The highest BCUT2D eigenvalue weighted by Gasteiger charge is 2.24. The predicted molar refractivity (Wildman–Crippen MR) is 97.5 cm³/mol. The highest BCUT2D eigenvalue weighted by molar-refractivity contribution is 5.76. The minimum absolute atomic E-state index is 0.110. The molecule has 0 bridgehead atoms. The van der Waals surface area contributed by atoms with Crippen LogP contribution in [0.5, 0.6) is 0 Å². The molecule has 1 aromatic carbocycles. The number of aryl methyl sites for hydroxylation is 1. The summed E-state index contributed by atoms with van der Waals surface area (Å²) >= 11 is 0. The predicted octanol–water partition coefficient (Wildman–Crippen LogP) is 2.74. The number of nitrogens with one attached hydrogen (secondary N) is 1. The summed E-state index contributed by atoms with van der Waals surface area (Å²) in [5.41, 5.74) is 3.73. The summed E-state index contributed by atoms with van der Waals surface area (Å²) in [7, 11) is 0. The van der Waals surface area contributed by atoms with Crippen LogP contribution < -0.4 is 5.56 Å². The summed E-state index contributed by atoms with van der Waals surface area (Å²) in [4.78, 5) is 34.1. The van der Waals surface area contributed by atoms with Gasteiger partial charge in [0, 0.05) is 25.8 Å². The second kappa shape index (κ2) is 7.64. The van der Waals surface area contributed by atoms with Crippen molar-refractivity contribution >= 4 is 5.91 Å². The highest BCUT2D eigenvalue weighted by Crippen LogP contribution is 2.17. The Balaban J connectivity index is 1.79. The zero-order chi connectivity index (χ0) is 17.8. The number of unbranched alkanes of at least 4 members (excludes halogenated alkanes) is 1. The molecule has 1 aromatic heterocycles. The fourth-order valence-electron chi connectivity index (χ4n) is 3.25. The summed E-state index contributed by atoms with van der Waals surface area (Å²) < 4.78 is 0. The van der Waals surface area contributed by atoms with E-state index in [1.54, 1.807) is 4.90 Å². The molecular weight excluding hydrogens is 314 g/mol. The molecule has 1 amide bonds. The average molecular weight is 339 g/mol. The van der Waals surface area contributed by atoms with Crippen molar-refractivity contribution in [3.8, 4) is 0 Å². The minimum atomic E-state index is -0.110. The van der Waals surface area contributed by atoms with Crippen LogP contribution in [0.3, 0.4) is 0 Å². The van der Waals surface area contributed by atoms with Gasteiger partial charge >= 0.3 is 0 Å². The Kier molecular flexibility index (Phi) is 5.31. The number of carbonyl (C=O) groups excluding carboxylic acids is 1. The first kappa shape index (κ1) is 17.4. The molecule has 5 heteroatoms. The number of nitrogens with zero attached hydrogens (tertiary/aromatic N) is 2. The Hall–Kier alpha value is -2.43. The summed E-state index contributed by atoms with van der Waals surface area (Å²) in [6, 6.07) is 8.12. The van der Waals surface area contributed by atoms with E-state index < -0.39 is 0 Å². The molecule has 25 heavy (non-hydrogen) atoms. The van der Waals surface area contributed by atoms with Gasteiger partial charge < -0.3 is 9.88 Å². The molecule has 0 fully saturated rings. The SMILES string of the molecule is CCCCC(=O)N1CCc2nc(Cc3ccccc3C)[nH]c(=O)c2C1. The van der Waals surface area contributed by atoms with Crippen molar-refractivity contribution in [1.82, 2.24) is 14.9 Å². The van der Waals surface area contributed by atoms with E-state index in [2.05, 4.69) is 35.9 Å². The number of benzene rings is 1. The number of aromatic amines is 1. The number of fused-ring (bicyclic) bond motifs is 1. The smallest absolute Gasteiger partial charge is 0.256 e. The van der Waals surface area contributed by atoms with Gasteiger partial charge in [-0.25, -0.2) is 4.98 Å². The molecule has 1 N–H and O–H groups in total. The van der Waals surface area contributed by atoms with Gasteiger partial charge in [0.1, 0.15) is 5.82 Å². The van der Waals surface area contributed by atoms with Crippen molar-refractivity contribution in [2.24, 2.45) is 0 Å². The maximum Gasteiger partial charge on any atom is 0.256 e. The maximum atomic E-state index is 12.5. The number of H-pyrrole nitrogens is 1. The monoisotopic (exact) mass is 339 g/mol. The van der Waals surface area contributed by atoms with Crippen molar-refractivity contribution in [3.63, 3.8) is 0 Å². The van der Waals surface area contributed by atoms with Gasteiger partial charge in [-0.1, -0.05) is 37.6 Å². The summed E-state index contributed by atoms with van der Waals surface area (Å²) in [5.74, 6) is 0.833. The molecule has 1 aliphatic heterocycles. The van der Waals surface area contributed by atoms with Crippen molar-refractivity contribution in [3.05, 3.63) is 62.8 Å². The van der Waals surface area contributed by atoms with E-state index in [-0.39, 0.29) is 11.5 Å². The highest BCUT2D eigenvalue weighted by atomic mass is 16.2. The molecular formula is C20H25N3O2. The van der Waals surface area contributed by atoms with Crippen molar-refractivity contribution in [2.75, 3.05) is 6.54 Å². The lowest BCUT2D eigenvalue weighted by atomic mass is 10.0. The van der Waals surface area contributed by atoms with Crippen LogP contribution in [-0.2, 0) is 24.2 Å². The zero-order valence-corrected chi connectivity index (χ0v) is 15.0. The van der Waals surface area contributed by atoms with E-state index in [0.29, 0.717) is 43.7 Å². The Morgan fingerprint density at radius 1 is 1.32 bits per heavy atom. The molecule has 5 nitrogen and oxygen atoms in total. The molecule has 0 saturated heterocycles. The van der Waals surface area contributed by atoms with Crippen LogP contribution in [0, 0.1) is 6.92 Å². The lowest BCUT2D eigenvalue weighted by molar-refractivity contribution is -0.132. The first-order valence-corrected chi connectivity index (χ1v) is 9.01. The Morgan fingerprint density at radius 3 is 2.88 bits per heavy atom. The van der Waals surface area contributed by atoms with Crippen LogP contribution in [0.25, 0.3) is 0 Å². The number of aromatic nitrogens is 2. The second-order valence-corrected chi connectivity index (χ2v) is 6.71. The van der Waals surface area contributed by atoms with Gasteiger partial charge in [-0.3, -0.25) is 9.59 Å². The standard InChI is InChI=1S/C20H25N3O2/c1-3-4-9-19(24)23-11-10-17-16(13-23)20(25)22-18(21-17)12-15-8-6-5-7-14(15)2/h5-8H,3-4,9-13H2,1-2H3,(H,21,22,25). The van der Waals surface area contributed by atoms with E-state index in [0.717, 1.165) is 24.1 Å². The zero-order valence-electron chi connectivity index (χ0n) is 15.0. The fourth-order valence-corrected chi connectivity index (χ4v) is 3.25. The van der Waals surface area contributed by atoms with Gasteiger partial charge in [0.2, 0.25) is 5.91 Å². The lowest BCUT2D eigenvalue weighted by Crippen LogP contribution is -2.39. The van der Waals surface area contributed by atoms with Crippen molar-refractivity contribution in [1.29, 1.82) is 0 Å². The molecule has 0 spiro atoms. The van der Waals surface area contributed by atoms with Crippen LogP contribution in [0.1, 0.15) is 54.4 Å². The van der Waals surface area contributed by atoms with E-state index in [9.17, 15) is 9.59 Å². The number of hydrogen-bond donors (Lipinski definition) is 1. The van der Waals surface area contributed by atoms with E-state index in [4.69, 9.17) is 0 Å². The van der Waals surface area contributed by atoms with Crippen LogP contribution in [0.2, 0.25) is 0 Å². The molecule has 2 heterocycles. The maximum absolute atomic E-state index is 12.5. The molecule has 0 saturated carbocycles. The first-order chi connectivity index (χ1) is 12.1. The average Bonchev–Trinajstić information content (AvgIpc) is 2.61. The van der Waals surface area contributed by atoms with E-state index >= 15 is 0 Å². The topological polar surface area (TPSA) is 66.1 Å². The molecule has 0 aliphatic carbocycles. The quantitative estimate of drug-likeness (QED) is 0.911. The number of rotatable bonds is 5. The third-order valence-electron chi connectivity index (χ3n) is 4.83. The minimum Gasteiger partial charge on any atom is -0.338 e. The number of hydrogen-bond acceptors (Lipinski definition) is 3. The second-order valence-electron chi connectivity index (χ2n) is 6.71. The molecule has 2 aromatic rings. The van der Waals surface area contributed by atoms with Crippen molar-refractivity contribution < 1.29 is 4.79 Å². The third-order valence-corrected chi connectivity index (χ3v) is 4.83. The Bertz CT molecular complexity index is 826. The molecule has 0 atom stereocenters. The van der Waals surface area contributed by atoms with Crippen LogP contribution in [0.4, 0.5) is 0 Å². The van der Waals surface area contributed by atoms with Gasteiger partial charge in [-0.2, -0.15) is 0 Å². The van der Waals surface area contributed by atoms with Gasteiger partial charge in [-0.15, -0.1) is 0 Å². The van der Waals surface area contributed by atoms with Crippen LogP contribution in [-0.4, -0.2) is 27.3 Å². The van der Waals surface area contributed by atoms with Crippen molar-refractivity contribution in [2.45, 2.75) is 52.5 Å². The molecule has 3 rings (SSSR count). The summed E-state index contributed by atoms with van der Waals surface area (Å²) in [6.45, 7) is 5.16. The Labute approximate surface area is 148 Å². The summed E-state index contributed by atoms with van der Waals surface area (Å²) in [6.07, 6.45) is 3.72. The Morgan fingerprint density at radius 2 is 2.12 bits per heavy atom. The lowest BCUT2D eigenvalue weighted by Gasteiger charge is -2.28. The van der Waals surface area contributed by atoms with Gasteiger partial charge in [0.05, 0.1) is 17.8 Å². The van der Waals surface area contributed by atoms with Gasteiger partial charge in [0.25, 0.3) is 5.56 Å². The van der Waals surface area contributed by atoms with E-state index in [1.165, 1.54) is 5.56 Å². The van der Waals surface area contributed by atoms with Gasteiger partial charge in [-0.05, 0) is 24.5 Å². The molecule has 1 aliphatic rings. The molecule has 0 unspecified atom stereocenters. The summed E-state index contributed by atoms with van der Waals surface area (Å²) in [5, 5.41) is 0. The largest absolute Gasteiger partial charge is 0.338 e.